The zero-order chi connectivity index (χ0) is 21.0. The number of aryl methyl sites for hydroxylation is 1. The van der Waals surface area contributed by atoms with Crippen LogP contribution in [-0.2, 0) is 27.8 Å². The fourth-order valence-corrected chi connectivity index (χ4v) is 5.61. The lowest BCUT2D eigenvalue weighted by atomic mass is 10.1. The molecule has 0 N–H and O–H groups in total. The van der Waals surface area contributed by atoms with Crippen molar-refractivity contribution < 1.29 is 13.2 Å². The molecule has 0 aliphatic carbocycles. The summed E-state index contributed by atoms with van der Waals surface area (Å²) in [5, 5.41) is 0. The summed E-state index contributed by atoms with van der Waals surface area (Å²) in [4.78, 5) is 5.30. The first kappa shape index (κ1) is 21.5. The topological polar surface area (TPSA) is 53.1 Å². The molecule has 2 heterocycles. The Morgan fingerprint density at radius 2 is 1.50 bits per heavy atom. The van der Waals surface area contributed by atoms with Crippen LogP contribution in [0.4, 0.5) is 0 Å². The molecule has 2 aromatic rings. The van der Waals surface area contributed by atoms with E-state index in [2.05, 4.69) is 41.0 Å². The van der Waals surface area contributed by atoms with Crippen molar-refractivity contribution in [2.45, 2.75) is 24.9 Å². The smallest absolute Gasteiger partial charge is 0.243 e. The van der Waals surface area contributed by atoms with Crippen LogP contribution in [0.3, 0.4) is 0 Å². The zero-order valence-corrected chi connectivity index (χ0v) is 18.5. The number of sulfonamides is 1. The first-order valence-corrected chi connectivity index (χ1v) is 12.1. The van der Waals surface area contributed by atoms with Crippen molar-refractivity contribution in [3.8, 4) is 0 Å². The van der Waals surface area contributed by atoms with Crippen molar-refractivity contribution in [3.05, 3.63) is 65.2 Å². The second-order valence-corrected chi connectivity index (χ2v) is 10.1. The molecule has 0 unspecified atom stereocenters. The Kier molecular flexibility index (Phi) is 6.85. The van der Waals surface area contributed by atoms with Gasteiger partial charge in [0, 0.05) is 52.4 Å². The van der Waals surface area contributed by atoms with E-state index in [1.165, 1.54) is 15.4 Å². The summed E-state index contributed by atoms with van der Waals surface area (Å²) >= 11 is 0. The van der Waals surface area contributed by atoms with Gasteiger partial charge in [-0.3, -0.25) is 9.80 Å². The lowest BCUT2D eigenvalue weighted by Gasteiger charge is -2.35. The number of benzene rings is 2. The van der Waals surface area contributed by atoms with Crippen molar-refractivity contribution in [2.24, 2.45) is 0 Å². The van der Waals surface area contributed by atoms with Crippen LogP contribution in [0.2, 0.25) is 0 Å². The average Bonchev–Trinajstić information content (AvgIpc) is 2.77. The van der Waals surface area contributed by atoms with Crippen LogP contribution < -0.4 is 0 Å². The first-order valence-electron chi connectivity index (χ1n) is 10.7. The third-order valence-electron chi connectivity index (χ3n) is 6.03. The van der Waals surface area contributed by atoms with Gasteiger partial charge in [0.1, 0.15) is 0 Å². The van der Waals surface area contributed by atoms with E-state index in [1.54, 1.807) is 6.07 Å². The molecule has 0 spiro atoms. The highest BCUT2D eigenvalue weighted by Crippen LogP contribution is 2.20. The summed E-state index contributed by atoms with van der Waals surface area (Å²) in [6.45, 7) is 9.77. The largest absolute Gasteiger partial charge is 0.379 e. The number of rotatable bonds is 6. The van der Waals surface area contributed by atoms with Gasteiger partial charge >= 0.3 is 0 Å². The molecule has 2 fully saturated rings. The highest BCUT2D eigenvalue weighted by atomic mass is 32.2. The fourth-order valence-electron chi connectivity index (χ4n) is 4.13. The lowest BCUT2D eigenvalue weighted by molar-refractivity contribution is 0.0730. The minimum atomic E-state index is -3.45. The molecule has 6 nitrogen and oxygen atoms in total. The Hall–Kier alpha value is -1.77. The maximum Gasteiger partial charge on any atom is 0.243 e. The molecule has 2 aromatic carbocycles. The van der Waals surface area contributed by atoms with Gasteiger partial charge in [-0.2, -0.15) is 4.31 Å². The number of hydrogen-bond donors (Lipinski definition) is 0. The monoisotopic (exact) mass is 429 g/mol. The molecule has 0 aromatic heterocycles. The van der Waals surface area contributed by atoms with Gasteiger partial charge in [0.2, 0.25) is 10.0 Å². The minimum Gasteiger partial charge on any atom is -0.379 e. The third-order valence-corrected chi connectivity index (χ3v) is 7.93. The van der Waals surface area contributed by atoms with Crippen molar-refractivity contribution in [1.82, 2.24) is 14.1 Å². The number of ether oxygens (including phenoxy) is 1. The van der Waals surface area contributed by atoms with Gasteiger partial charge in [-0.1, -0.05) is 36.4 Å². The number of piperazine rings is 1. The highest BCUT2D eigenvalue weighted by molar-refractivity contribution is 7.89. The summed E-state index contributed by atoms with van der Waals surface area (Å²) in [6.07, 6.45) is 0. The summed E-state index contributed by atoms with van der Waals surface area (Å²) in [5.41, 5.74) is 3.79. The minimum absolute atomic E-state index is 0.389. The Bertz CT molecular complexity index is 950. The molecule has 4 rings (SSSR count). The molecule has 2 aliphatic heterocycles. The number of morpholine rings is 1. The molecule has 2 saturated heterocycles. The molecule has 30 heavy (non-hydrogen) atoms. The molecule has 162 valence electrons. The third kappa shape index (κ3) is 5.10. The lowest BCUT2D eigenvalue weighted by Crippen LogP contribution is -2.45. The fraction of sp³-hybridized carbons (Fsp3) is 0.478. The second-order valence-electron chi connectivity index (χ2n) is 8.14. The molecule has 2 aliphatic rings. The molecule has 0 bridgehead atoms. The number of hydrogen-bond acceptors (Lipinski definition) is 5. The molecule has 0 saturated carbocycles. The molecular weight excluding hydrogens is 398 g/mol. The van der Waals surface area contributed by atoms with E-state index in [4.69, 9.17) is 4.74 Å². The van der Waals surface area contributed by atoms with Crippen LogP contribution in [-0.4, -0.2) is 75.0 Å². The average molecular weight is 430 g/mol. The molecular formula is C23H31N3O3S. The van der Waals surface area contributed by atoms with E-state index in [9.17, 15) is 8.42 Å². The normalized spacial score (nSPS) is 19.8. The van der Waals surface area contributed by atoms with Crippen LogP contribution in [0.25, 0.3) is 0 Å². The van der Waals surface area contributed by atoms with Crippen LogP contribution in [0.1, 0.15) is 16.7 Å². The van der Waals surface area contributed by atoms with Crippen LogP contribution in [0.15, 0.2) is 53.4 Å². The van der Waals surface area contributed by atoms with E-state index in [0.717, 1.165) is 44.8 Å². The summed E-state index contributed by atoms with van der Waals surface area (Å²) in [7, 11) is -3.45. The summed E-state index contributed by atoms with van der Waals surface area (Å²) < 4.78 is 32.7. The van der Waals surface area contributed by atoms with Crippen molar-refractivity contribution in [2.75, 3.05) is 52.5 Å². The van der Waals surface area contributed by atoms with Gasteiger partial charge in [-0.25, -0.2) is 8.42 Å². The van der Waals surface area contributed by atoms with E-state index in [0.29, 0.717) is 31.2 Å². The van der Waals surface area contributed by atoms with Gasteiger partial charge in [-0.05, 0) is 35.7 Å². The summed E-state index contributed by atoms with van der Waals surface area (Å²) in [6, 6.07) is 16.0. The maximum absolute atomic E-state index is 12.9. The Labute approximate surface area is 180 Å². The highest BCUT2D eigenvalue weighted by Gasteiger charge is 2.26. The van der Waals surface area contributed by atoms with Crippen molar-refractivity contribution in [3.63, 3.8) is 0 Å². The van der Waals surface area contributed by atoms with Crippen molar-refractivity contribution in [1.29, 1.82) is 0 Å². The quantitative estimate of drug-likeness (QED) is 0.706. The SMILES string of the molecule is Cc1ccccc1CN1CCN(Cc2cccc(S(=O)(=O)N3CCOCC3)c2)CC1. The molecule has 0 radical (unpaired) electrons. The standard InChI is InChI=1S/C23H31N3O3S/c1-20-5-2-3-7-22(20)19-25-11-9-24(10-12-25)18-21-6-4-8-23(17-21)30(27,28)26-13-15-29-16-14-26/h2-8,17H,9-16,18-19H2,1H3. The predicted molar refractivity (Wildman–Crippen MR) is 118 cm³/mol. The first-order chi connectivity index (χ1) is 14.5. The maximum atomic E-state index is 12.9. The predicted octanol–water partition coefficient (Wildman–Crippen LogP) is 2.33. The van der Waals surface area contributed by atoms with Gasteiger partial charge < -0.3 is 4.74 Å². The zero-order valence-electron chi connectivity index (χ0n) is 17.7. The number of nitrogens with zero attached hydrogens (tertiary/aromatic N) is 3. The van der Waals surface area contributed by atoms with E-state index < -0.39 is 10.0 Å². The molecule has 0 atom stereocenters. The molecule has 7 heteroatoms. The van der Waals surface area contributed by atoms with Crippen molar-refractivity contribution >= 4 is 10.0 Å². The Morgan fingerprint density at radius 1 is 0.833 bits per heavy atom. The van der Waals surface area contributed by atoms with E-state index in [1.807, 2.05) is 18.2 Å². The van der Waals surface area contributed by atoms with Gasteiger partial charge in [0.05, 0.1) is 18.1 Å². The van der Waals surface area contributed by atoms with E-state index >= 15 is 0 Å². The van der Waals surface area contributed by atoms with Crippen LogP contribution in [0, 0.1) is 6.92 Å². The van der Waals surface area contributed by atoms with Gasteiger partial charge in [0.15, 0.2) is 0 Å². The van der Waals surface area contributed by atoms with Gasteiger partial charge in [0.25, 0.3) is 0 Å². The molecule has 0 amide bonds. The van der Waals surface area contributed by atoms with E-state index in [-0.39, 0.29) is 0 Å². The Balaban J connectivity index is 1.34. The van der Waals surface area contributed by atoms with Gasteiger partial charge in [-0.15, -0.1) is 0 Å². The van der Waals surface area contributed by atoms with Crippen LogP contribution in [0.5, 0.6) is 0 Å². The summed E-state index contributed by atoms with van der Waals surface area (Å²) in [5.74, 6) is 0. The Morgan fingerprint density at radius 3 is 2.20 bits per heavy atom. The van der Waals surface area contributed by atoms with Crippen LogP contribution >= 0.6 is 0 Å². The second kappa shape index (κ2) is 9.58.